The summed E-state index contributed by atoms with van der Waals surface area (Å²) in [6.45, 7) is 9.30. The van der Waals surface area contributed by atoms with Crippen molar-refractivity contribution < 1.29 is 32.5 Å². The average Bonchev–Trinajstić information content (AvgIpc) is 2.32. The first-order valence-electron chi connectivity index (χ1n) is 7.82. The maximum absolute atomic E-state index is 12.4. The highest BCUT2D eigenvalue weighted by Gasteiger charge is 2.31. The zero-order valence-electron chi connectivity index (χ0n) is 15.0. The van der Waals surface area contributed by atoms with Crippen molar-refractivity contribution in [3.8, 4) is 11.5 Å². The number of benzene rings is 1. The summed E-state index contributed by atoms with van der Waals surface area (Å²) in [4.78, 5) is 13.7. The van der Waals surface area contributed by atoms with Crippen LogP contribution >= 0.6 is 0 Å². The number of phenolic OH excluding ortho intramolecular Hbond substituents is 1. The van der Waals surface area contributed by atoms with Gasteiger partial charge >= 0.3 is 12.5 Å². The van der Waals surface area contributed by atoms with Crippen LogP contribution in [0.2, 0.25) is 0 Å². The van der Waals surface area contributed by atoms with E-state index < -0.39 is 23.8 Å². The van der Waals surface area contributed by atoms with Gasteiger partial charge in [-0.1, -0.05) is 13.8 Å². The maximum Gasteiger partial charge on any atom is 0.573 e. The summed E-state index contributed by atoms with van der Waals surface area (Å²) in [5, 5.41) is 9.63. The minimum absolute atomic E-state index is 0.0181. The highest BCUT2D eigenvalue weighted by atomic mass is 19.4. The number of nitrogens with zero attached hydrogens (tertiary/aromatic N) is 1. The molecular weight excluding hydrogens is 339 g/mol. The van der Waals surface area contributed by atoms with Gasteiger partial charge in [-0.25, -0.2) is 4.79 Å². The van der Waals surface area contributed by atoms with Crippen molar-refractivity contribution in [3.63, 3.8) is 0 Å². The fraction of sp³-hybridized carbons (Fsp3) is 0.588. The van der Waals surface area contributed by atoms with Gasteiger partial charge in [0.25, 0.3) is 0 Å². The Hall–Kier alpha value is -2.12. The largest absolute Gasteiger partial charge is 0.573 e. The number of aromatic hydroxyl groups is 1. The van der Waals surface area contributed by atoms with Gasteiger partial charge in [0, 0.05) is 19.2 Å². The molecule has 142 valence electrons. The van der Waals surface area contributed by atoms with E-state index in [1.54, 1.807) is 20.8 Å². The topological polar surface area (TPSA) is 59.0 Å². The van der Waals surface area contributed by atoms with Crippen LogP contribution in [-0.2, 0) is 11.3 Å². The molecule has 0 spiro atoms. The number of phenols is 1. The number of halogens is 3. The Morgan fingerprint density at radius 3 is 2.28 bits per heavy atom. The Morgan fingerprint density at radius 2 is 1.80 bits per heavy atom. The van der Waals surface area contributed by atoms with Gasteiger partial charge in [-0.05, 0) is 44.4 Å². The fourth-order valence-corrected chi connectivity index (χ4v) is 2.12. The van der Waals surface area contributed by atoms with E-state index in [1.807, 2.05) is 13.8 Å². The van der Waals surface area contributed by atoms with E-state index >= 15 is 0 Å². The van der Waals surface area contributed by atoms with Gasteiger partial charge in [0.2, 0.25) is 0 Å². The van der Waals surface area contributed by atoms with Crippen LogP contribution in [0.1, 0.15) is 40.2 Å². The third kappa shape index (κ3) is 8.51. The molecule has 0 radical (unpaired) electrons. The van der Waals surface area contributed by atoms with Crippen molar-refractivity contribution in [2.45, 2.75) is 53.1 Å². The first kappa shape index (κ1) is 20.9. The normalized spacial score (nSPS) is 12.2. The van der Waals surface area contributed by atoms with Crippen molar-refractivity contribution in [1.29, 1.82) is 0 Å². The number of rotatable bonds is 5. The third-order valence-electron chi connectivity index (χ3n) is 2.80. The first-order valence-corrected chi connectivity index (χ1v) is 7.82. The fourth-order valence-electron chi connectivity index (χ4n) is 2.12. The van der Waals surface area contributed by atoms with Gasteiger partial charge < -0.3 is 19.5 Å². The molecular formula is C17H24F3NO4. The van der Waals surface area contributed by atoms with Gasteiger partial charge in [-0.15, -0.1) is 13.2 Å². The number of ether oxygens (including phenoxy) is 2. The molecule has 1 aromatic carbocycles. The summed E-state index contributed by atoms with van der Waals surface area (Å²) in [6.07, 6.45) is -5.45. The van der Waals surface area contributed by atoms with E-state index in [4.69, 9.17) is 4.74 Å². The Balaban J connectivity index is 3.01. The zero-order valence-corrected chi connectivity index (χ0v) is 15.0. The second kappa shape index (κ2) is 7.84. The highest BCUT2D eigenvalue weighted by molar-refractivity contribution is 5.68. The number of hydrogen-bond acceptors (Lipinski definition) is 4. The SMILES string of the molecule is CC(C)CN(Cc1cc(O)cc(OC(F)(F)F)c1)C(=O)OC(C)(C)C. The Morgan fingerprint density at radius 1 is 1.20 bits per heavy atom. The smallest absolute Gasteiger partial charge is 0.508 e. The molecule has 0 fully saturated rings. The van der Waals surface area contributed by atoms with Crippen molar-refractivity contribution >= 4 is 6.09 Å². The molecule has 0 saturated heterocycles. The van der Waals surface area contributed by atoms with E-state index in [-0.39, 0.29) is 18.2 Å². The average molecular weight is 363 g/mol. The minimum atomic E-state index is -4.87. The zero-order chi connectivity index (χ0) is 19.4. The van der Waals surface area contributed by atoms with E-state index in [2.05, 4.69) is 4.74 Å². The van der Waals surface area contributed by atoms with Crippen molar-refractivity contribution in [1.82, 2.24) is 4.90 Å². The van der Waals surface area contributed by atoms with Gasteiger partial charge in [0.15, 0.2) is 0 Å². The van der Waals surface area contributed by atoms with Crippen LogP contribution in [0.3, 0.4) is 0 Å². The van der Waals surface area contributed by atoms with Gasteiger partial charge in [0.1, 0.15) is 17.1 Å². The molecule has 1 amide bonds. The molecule has 0 heterocycles. The molecule has 5 nitrogen and oxygen atoms in total. The molecule has 0 unspecified atom stereocenters. The number of carbonyl (C=O) groups excluding carboxylic acids is 1. The maximum atomic E-state index is 12.4. The monoisotopic (exact) mass is 363 g/mol. The van der Waals surface area contributed by atoms with E-state index in [1.165, 1.54) is 11.0 Å². The van der Waals surface area contributed by atoms with Crippen LogP contribution in [0.4, 0.5) is 18.0 Å². The van der Waals surface area contributed by atoms with Gasteiger partial charge in [-0.3, -0.25) is 0 Å². The molecule has 1 aromatic rings. The second-order valence-electron chi connectivity index (χ2n) is 7.14. The molecule has 25 heavy (non-hydrogen) atoms. The van der Waals surface area contributed by atoms with Crippen molar-refractivity contribution in [3.05, 3.63) is 23.8 Å². The quantitative estimate of drug-likeness (QED) is 0.825. The molecule has 8 heteroatoms. The number of alkyl halides is 3. The van der Waals surface area contributed by atoms with E-state index in [9.17, 15) is 23.1 Å². The lowest BCUT2D eigenvalue weighted by Crippen LogP contribution is -2.38. The molecule has 1 N–H and O–H groups in total. The summed E-state index contributed by atoms with van der Waals surface area (Å²) in [6, 6.07) is 3.27. The molecule has 0 atom stereocenters. The van der Waals surface area contributed by atoms with Crippen LogP contribution in [-0.4, -0.2) is 34.6 Å². The predicted octanol–water partition coefficient (Wildman–Crippen LogP) is 4.68. The Bertz CT molecular complexity index is 595. The molecule has 0 aliphatic heterocycles. The lowest BCUT2D eigenvalue weighted by molar-refractivity contribution is -0.274. The Kier molecular flexibility index (Phi) is 6.56. The van der Waals surface area contributed by atoms with Crippen LogP contribution in [0.5, 0.6) is 11.5 Å². The number of hydrogen-bond donors (Lipinski definition) is 1. The summed E-state index contributed by atoms with van der Waals surface area (Å²) in [5.41, 5.74) is -0.402. The molecule has 0 aliphatic carbocycles. The summed E-state index contributed by atoms with van der Waals surface area (Å²) in [7, 11) is 0. The highest BCUT2D eigenvalue weighted by Crippen LogP contribution is 2.28. The Labute approximate surface area is 145 Å². The summed E-state index contributed by atoms with van der Waals surface area (Å²) < 4.78 is 46.3. The molecule has 0 saturated carbocycles. The van der Waals surface area contributed by atoms with Gasteiger partial charge in [0.05, 0.1) is 0 Å². The van der Waals surface area contributed by atoms with E-state index in [0.29, 0.717) is 12.1 Å². The number of amides is 1. The standard InChI is InChI=1S/C17H24F3NO4/c1-11(2)9-21(15(23)25-16(3,4)5)10-12-6-13(22)8-14(7-12)24-17(18,19)20/h6-8,11,22H,9-10H2,1-5H3. The van der Waals surface area contributed by atoms with Crippen LogP contribution < -0.4 is 4.74 Å². The summed E-state index contributed by atoms with van der Waals surface area (Å²) in [5.74, 6) is -0.808. The molecule has 0 bridgehead atoms. The molecule has 0 aromatic heterocycles. The van der Waals surface area contributed by atoms with Crippen LogP contribution in [0, 0.1) is 5.92 Å². The predicted molar refractivity (Wildman–Crippen MR) is 86.3 cm³/mol. The van der Waals surface area contributed by atoms with Crippen molar-refractivity contribution in [2.75, 3.05) is 6.54 Å². The van der Waals surface area contributed by atoms with Gasteiger partial charge in [-0.2, -0.15) is 0 Å². The van der Waals surface area contributed by atoms with Crippen molar-refractivity contribution in [2.24, 2.45) is 5.92 Å². The minimum Gasteiger partial charge on any atom is -0.508 e. The number of carbonyl (C=O) groups is 1. The van der Waals surface area contributed by atoms with Crippen LogP contribution in [0.25, 0.3) is 0 Å². The summed E-state index contributed by atoms with van der Waals surface area (Å²) >= 11 is 0. The second-order valence-corrected chi connectivity index (χ2v) is 7.14. The van der Waals surface area contributed by atoms with E-state index in [0.717, 1.165) is 12.1 Å². The molecule has 0 aliphatic rings. The van der Waals surface area contributed by atoms with Crippen LogP contribution in [0.15, 0.2) is 18.2 Å². The molecule has 1 rings (SSSR count). The lowest BCUT2D eigenvalue weighted by atomic mass is 10.1. The lowest BCUT2D eigenvalue weighted by Gasteiger charge is -2.28. The first-order chi connectivity index (χ1) is 11.2. The third-order valence-corrected chi connectivity index (χ3v) is 2.80.